The highest BCUT2D eigenvalue weighted by Crippen LogP contribution is 2.28. The van der Waals surface area contributed by atoms with Gasteiger partial charge in [0.25, 0.3) is 0 Å². The number of aromatic nitrogens is 2. The number of benzene rings is 1. The standard InChI is InChI=1S/C12H12N2O/c1-2-5-12-10(4-1)8-11(15-12)9-14-7-3-6-13-14/h1-7,11H,8-9H2. The van der Waals surface area contributed by atoms with E-state index in [1.807, 2.05) is 29.1 Å². The van der Waals surface area contributed by atoms with Crippen molar-refractivity contribution in [2.24, 2.45) is 0 Å². The van der Waals surface area contributed by atoms with E-state index in [4.69, 9.17) is 4.74 Å². The monoisotopic (exact) mass is 200 g/mol. The maximum Gasteiger partial charge on any atom is 0.123 e. The zero-order chi connectivity index (χ0) is 10.1. The highest BCUT2D eigenvalue weighted by molar-refractivity contribution is 5.37. The van der Waals surface area contributed by atoms with Gasteiger partial charge in [-0.2, -0.15) is 5.10 Å². The second-order valence-electron chi connectivity index (χ2n) is 3.78. The Morgan fingerprint density at radius 1 is 1.33 bits per heavy atom. The van der Waals surface area contributed by atoms with Crippen molar-refractivity contribution in [3.05, 3.63) is 48.3 Å². The Kier molecular flexibility index (Phi) is 1.95. The first-order valence-corrected chi connectivity index (χ1v) is 5.14. The van der Waals surface area contributed by atoms with Crippen LogP contribution in [0.4, 0.5) is 0 Å². The van der Waals surface area contributed by atoms with Gasteiger partial charge in [-0.1, -0.05) is 18.2 Å². The summed E-state index contributed by atoms with van der Waals surface area (Å²) in [6.45, 7) is 0.821. The molecule has 0 N–H and O–H groups in total. The molecule has 1 aliphatic rings. The molecule has 15 heavy (non-hydrogen) atoms. The zero-order valence-electron chi connectivity index (χ0n) is 8.34. The average molecular weight is 200 g/mol. The van der Waals surface area contributed by atoms with Crippen molar-refractivity contribution in [2.75, 3.05) is 0 Å². The lowest BCUT2D eigenvalue weighted by Crippen LogP contribution is -2.20. The molecule has 3 rings (SSSR count). The van der Waals surface area contributed by atoms with Crippen LogP contribution in [-0.4, -0.2) is 15.9 Å². The van der Waals surface area contributed by atoms with Gasteiger partial charge in [-0.3, -0.25) is 4.68 Å². The number of ether oxygens (including phenoxy) is 1. The third-order valence-corrected chi connectivity index (χ3v) is 2.66. The summed E-state index contributed by atoms with van der Waals surface area (Å²) in [5.74, 6) is 1.02. The number of fused-ring (bicyclic) bond motifs is 1. The van der Waals surface area contributed by atoms with Crippen molar-refractivity contribution in [2.45, 2.75) is 19.1 Å². The van der Waals surface area contributed by atoms with Gasteiger partial charge in [-0.15, -0.1) is 0 Å². The molecule has 1 aromatic carbocycles. The van der Waals surface area contributed by atoms with E-state index >= 15 is 0 Å². The van der Waals surface area contributed by atoms with Gasteiger partial charge in [0, 0.05) is 18.8 Å². The third kappa shape index (κ3) is 1.61. The fourth-order valence-electron chi connectivity index (χ4n) is 1.97. The predicted octanol–water partition coefficient (Wildman–Crippen LogP) is 1.89. The lowest BCUT2D eigenvalue weighted by molar-refractivity contribution is 0.203. The highest BCUT2D eigenvalue weighted by atomic mass is 16.5. The van der Waals surface area contributed by atoms with Crippen LogP contribution in [-0.2, 0) is 13.0 Å². The molecule has 1 atom stereocenters. The molecule has 0 bridgehead atoms. The molecule has 0 aliphatic carbocycles. The van der Waals surface area contributed by atoms with Gasteiger partial charge >= 0.3 is 0 Å². The van der Waals surface area contributed by atoms with E-state index in [0.717, 1.165) is 18.7 Å². The summed E-state index contributed by atoms with van der Waals surface area (Å²) in [5.41, 5.74) is 1.30. The summed E-state index contributed by atoms with van der Waals surface area (Å²) in [4.78, 5) is 0. The van der Waals surface area contributed by atoms with Crippen LogP contribution in [0.3, 0.4) is 0 Å². The van der Waals surface area contributed by atoms with Crippen molar-refractivity contribution in [3.8, 4) is 5.75 Å². The molecule has 3 heteroatoms. The summed E-state index contributed by atoms with van der Waals surface area (Å²) in [6.07, 6.45) is 4.96. The van der Waals surface area contributed by atoms with Gasteiger partial charge in [-0.25, -0.2) is 0 Å². The fourth-order valence-corrected chi connectivity index (χ4v) is 1.97. The van der Waals surface area contributed by atoms with E-state index in [2.05, 4.69) is 17.2 Å². The molecule has 1 aliphatic heterocycles. The van der Waals surface area contributed by atoms with E-state index in [-0.39, 0.29) is 6.10 Å². The lowest BCUT2D eigenvalue weighted by Gasteiger charge is -2.10. The maximum atomic E-state index is 5.82. The third-order valence-electron chi connectivity index (χ3n) is 2.66. The SMILES string of the molecule is c1ccc2c(c1)CC(Cn1cccn1)O2. The van der Waals surface area contributed by atoms with Gasteiger partial charge in [-0.05, 0) is 17.7 Å². The Bertz CT molecular complexity index is 423. The van der Waals surface area contributed by atoms with E-state index in [1.165, 1.54) is 5.56 Å². The zero-order valence-corrected chi connectivity index (χ0v) is 8.34. The van der Waals surface area contributed by atoms with E-state index in [9.17, 15) is 0 Å². The summed E-state index contributed by atoms with van der Waals surface area (Å²) in [7, 11) is 0. The van der Waals surface area contributed by atoms with Crippen LogP contribution in [0.1, 0.15) is 5.56 Å². The molecule has 0 saturated heterocycles. The maximum absolute atomic E-state index is 5.82. The Hall–Kier alpha value is -1.77. The molecule has 0 fully saturated rings. The molecule has 2 heterocycles. The van der Waals surface area contributed by atoms with Gasteiger partial charge < -0.3 is 4.74 Å². The Morgan fingerprint density at radius 2 is 2.27 bits per heavy atom. The Balaban J connectivity index is 1.74. The summed E-state index contributed by atoms with van der Waals surface area (Å²) >= 11 is 0. The number of rotatable bonds is 2. The first kappa shape index (κ1) is 8.53. The van der Waals surface area contributed by atoms with Crippen LogP contribution in [0.5, 0.6) is 5.75 Å². The van der Waals surface area contributed by atoms with Crippen molar-refractivity contribution >= 4 is 0 Å². The normalized spacial score (nSPS) is 18.5. The van der Waals surface area contributed by atoms with Gasteiger partial charge in [0.15, 0.2) is 0 Å². The summed E-state index contributed by atoms with van der Waals surface area (Å²) in [6, 6.07) is 10.1. The summed E-state index contributed by atoms with van der Waals surface area (Å²) < 4.78 is 7.73. The number of hydrogen-bond acceptors (Lipinski definition) is 2. The summed E-state index contributed by atoms with van der Waals surface area (Å²) in [5, 5.41) is 4.18. The van der Waals surface area contributed by atoms with Crippen molar-refractivity contribution in [1.29, 1.82) is 0 Å². The molecular formula is C12H12N2O. The molecule has 0 spiro atoms. The van der Waals surface area contributed by atoms with Gasteiger partial charge in [0.2, 0.25) is 0 Å². The lowest BCUT2D eigenvalue weighted by atomic mass is 10.1. The van der Waals surface area contributed by atoms with Crippen LogP contribution in [0.2, 0.25) is 0 Å². The second kappa shape index (κ2) is 3.42. The van der Waals surface area contributed by atoms with Gasteiger partial charge in [0.1, 0.15) is 11.9 Å². The van der Waals surface area contributed by atoms with Crippen LogP contribution >= 0.6 is 0 Å². The Morgan fingerprint density at radius 3 is 3.07 bits per heavy atom. The first-order valence-electron chi connectivity index (χ1n) is 5.14. The highest BCUT2D eigenvalue weighted by Gasteiger charge is 2.22. The number of nitrogens with zero attached hydrogens (tertiary/aromatic N) is 2. The largest absolute Gasteiger partial charge is 0.488 e. The molecular weight excluding hydrogens is 188 g/mol. The quantitative estimate of drug-likeness (QED) is 0.740. The smallest absolute Gasteiger partial charge is 0.123 e. The molecule has 0 radical (unpaired) electrons. The van der Waals surface area contributed by atoms with Crippen molar-refractivity contribution < 1.29 is 4.74 Å². The minimum absolute atomic E-state index is 0.224. The van der Waals surface area contributed by atoms with Crippen LogP contribution in [0, 0.1) is 0 Å². The molecule has 3 nitrogen and oxygen atoms in total. The topological polar surface area (TPSA) is 27.1 Å². The first-order chi connectivity index (χ1) is 7.42. The Labute approximate surface area is 88.3 Å². The van der Waals surface area contributed by atoms with E-state index in [0.29, 0.717) is 0 Å². The average Bonchev–Trinajstić information content (AvgIpc) is 2.86. The molecule has 2 aromatic rings. The molecule has 76 valence electrons. The molecule has 0 saturated carbocycles. The minimum Gasteiger partial charge on any atom is -0.488 e. The molecule has 1 aromatic heterocycles. The second-order valence-corrected chi connectivity index (χ2v) is 3.78. The number of hydrogen-bond donors (Lipinski definition) is 0. The van der Waals surface area contributed by atoms with Crippen molar-refractivity contribution in [1.82, 2.24) is 9.78 Å². The fraction of sp³-hybridized carbons (Fsp3) is 0.250. The van der Waals surface area contributed by atoms with Crippen LogP contribution in [0.15, 0.2) is 42.7 Å². The van der Waals surface area contributed by atoms with E-state index < -0.39 is 0 Å². The molecule has 1 unspecified atom stereocenters. The molecule has 0 amide bonds. The van der Waals surface area contributed by atoms with Crippen molar-refractivity contribution in [3.63, 3.8) is 0 Å². The predicted molar refractivity (Wildman–Crippen MR) is 56.8 cm³/mol. The van der Waals surface area contributed by atoms with Crippen LogP contribution < -0.4 is 4.74 Å². The van der Waals surface area contributed by atoms with Gasteiger partial charge in [0.05, 0.1) is 6.54 Å². The minimum atomic E-state index is 0.224. The number of para-hydroxylation sites is 1. The van der Waals surface area contributed by atoms with Crippen LogP contribution in [0.25, 0.3) is 0 Å². The van der Waals surface area contributed by atoms with E-state index in [1.54, 1.807) is 6.20 Å².